The molecule has 0 unspecified atom stereocenters. The summed E-state index contributed by atoms with van der Waals surface area (Å²) in [6.45, 7) is -0.572. The summed E-state index contributed by atoms with van der Waals surface area (Å²) in [6, 6.07) is 0. The smallest absolute Gasteiger partial charge is 0.317 e. The third kappa shape index (κ3) is 13.2. The summed E-state index contributed by atoms with van der Waals surface area (Å²) in [5.41, 5.74) is 0. The van der Waals surface area contributed by atoms with Gasteiger partial charge in [0.1, 0.15) is 0 Å². The fraction of sp³-hybridized carbons (Fsp3) is 0.692. The van der Waals surface area contributed by atoms with Gasteiger partial charge in [-0.1, -0.05) is 0 Å². The van der Waals surface area contributed by atoms with E-state index in [0.717, 1.165) is 0 Å². The molecular formula is C13H22N2O8. The molecule has 0 aromatic carbocycles. The summed E-state index contributed by atoms with van der Waals surface area (Å²) in [7, 11) is 0. The van der Waals surface area contributed by atoms with Crippen molar-refractivity contribution in [2.45, 2.75) is 19.3 Å². The van der Waals surface area contributed by atoms with Gasteiger partial charge in [0.05, 0.1) is 19.6 Å². The molecule has 0 radical (unpaired) electrons. The highest BCUT2D eigenvalue weighted by Crippen LogP contribution is 2.00. The van der Waals surface area contributed by atoms with Crippen LogP contribution in [0, 0.1) is 0 Å². The van der Waals surface area contributed by atoms with Crippen molar-refractivity contribution in [1.29, 1.82) is 0 Å². The summed E-state index contributed by atoms with van der Waals surface area (Å²) in [4.78, 5) is 45.3. The highest BCUT2D eigenvalue weighted by atomic mass is 16.4. The van der Waals surface area contributed by atoms with E-state index in [2.05, 4.69) is 0 Å². The van der Waals surface area contributed by atoms with Crippen molar-refractivity contribution in [3.63, 3.8) is 0 Å². The lowest BCUT2D eigenvalue weighted by molar-refractivity contribution is -0.143. The Kier molecular flexibility index (Phi) is 10.3. The van der Waals surface area contributed by atoms with Crippen molar-refractivity contribution in [2.24, 2.45) is 0 Å². The predicted molar refractivity (Wildman–Crippen MR) is 77.3 cm³/mol. The van der Waals surface area contributed by atoms with Crippen LogP contribution in [0.4, 0.5) is 0 Å². The average molecular weight is 334 g/mol. The summed E-state index contributed by atoms with van der Waals surface area (Å²) in [5, 5.41) is 34.9. The van der Waals surface area contributed by atoms with E-state index in [1.54, 1.807) is 0 Å². The predicted octanol–water partition coefficient (Wildman–Crippen LogP) is -0.901. The second-order valence-corrected chi connectivity index (χ2v) is 5.02. The molecule has 0 fully saturated rings. The van der Waals surface area contributed by atoms with Crippen LogP contribution in [0.25, 0.3) is 0 Å². The van der Waals surface area contributed by atoms with Crippen molar-refractivity contribution < 1.29 is 39.6 Å². The number of hydrogen-bond acceptors (Lipinski definition) is 6. The van der Waals surface area contributed by atoms with Crippen molar-refractivity contribution in [3.05, 3.63) is 0 Å². The number of carbonyl (C=O) groups is 4. The molecule has 0 saturated carbocycles. The molecule has 0 bridgehead atoms. The summed E-state index contributed by atoms with van der Waals surface area (Å²) in [5.74, 6) is -4.33. The van der Waals surface area contributed by atoms with Crippen molar-refractivity contribution >= 4 is 23.9 Å². The fourth-order valence-corrected chi connectivity index (χ4v) is 1.95. The highest BCUT2D eigenvalue weighted by Gasteiger charge is 2.16. The lowest BCUT2D eigenvalue weighted by atomic mass is 10.2. The summed E-state index contributed by atoms with van der Waals surface area (Å²) in [6.07, 6.45) is 0.877. The van der Waals surface area contributed by atoms with Crippen LogP contribution in [0.2, 0.25) is 0 Å². The maximum Gasteiger partial charge on any atom is 0.317 e. The maximum atomic E-state index is 10.8. The standard InChI is InChI=1S/C13H22N2O8/c16-10(17)3-1-2-4-14(7-11(18)19)5-6-15(8-12(20)21)9-13(22)23/h1-9H2,(H,16,17)(H,18,19)(H,20,21)(H,22,23). The molecule has 0 saturated heterocycles. The number of carboxylic acid groups (broad SMARTS) is 4. The molecule has 10 heteroatoms. The second kappa shape index (κ2) is 11.4. The molecule has 0 aromatic rings. The third-order valence-electron chi connectivity index (χ3n) is 2.92. The van der Waals surface area contributed by atoms with E-state index >= 15 is 0 Å². The van der Waals surface area contributed by atoms with Crippen LogP contribution in [-0.2, 0) is 19.2 Å². The molecule has 0 rings (SSSR count). The first-order valence-electron chi connectivity index (χ1n) is 7.02. The van der Waals surface area contributed by atoms with E-state index in [-0.39, 0.29) is 26.1 Å². The van der Waals surface area contributed by atoms with Crippen LogP contribution in [-0.4, -0.2) is 93.4 Å². The van der Waals surface area contributed by atoms with Gasteiger partial charge < -0.3 is 20.4 Å². The van der Waals surface area contributed by atoms with E-state index in [1.165, 1.54) is 9.80 Å². The molecule has 0 atom stereocenters. The molecule has 0 aromatic heterocycles. The maximum absolute atomic E-state index is 10.8. The molecule has 0 spiro atoms. The summed E-state index contributed by atoms with van der Waals surface area (Å²) >= 11 is 0. The lowest BCUT2D eigenvalue weighted by Crippen LogP contribution is -2.42. The molecule has 0 aliphatic heterocycles. The molecule has 10 nitrogen and oxygen atoms in total. The van der Waals surface area contributed by atoms with Crippen LogP contribution < -0.4 is 0 Å². The van der Waals surface area contributed by atoms with Crippen molar-refractivity contribution in [3.8, 4) is 0 Å². The van der Waals surface area contributed by atoms with E-state index in [1.807, 2.05) is 0 Å². The van der Waals surface area contributed by atoms with Gasteiger partial charge in [-0.3, -0.25) is 29.0 Å². The molecule has 23 heavy (non-hydrogen) atoms. The first kappa shape index (κ1) is 20.8. The molecule has 0 aliphatic rings. The van der Waals surface area contributed by atoms with E-state index in [9.17, 15) is 19.2 Å². The number of unbranched alkanes of at least 4 members (excludes halogenated alkanes) is 1. The Bertz CT molecular complexity index is 410. The minimum Gasteiger partial charge on any atom is -0.481 e. The Morgan fingerprint density at radius 2 is 1.00 bits per heavy atom. The number of hydrogen-bond donors (Lipinski definition) is 4. The third-order valence-corrected chi connectivity index (χ3v) is 2.92. The van der Waals surface area contributed by atoms with Gasteiger partial charge in [-0.15, -0.1) is 0 Å². The van der Waals surface area contributed by atoms with Gasteiger partial charge in [0, 0.05) is 19.5 Å². The van der Waals surface area contributed by atoms with Crippen LogP contribution in [0.15, 0.2) is 0 Å². The quantitative estimate of drug-likeness (QED) is 0.293. The van der Waals surface area contributed by atoms with Crippen molar-refractivity contribution in [2.75, 3.05) is 39.3 Å². The Labute approximate surface area is 132 Å². The van der Waals surface area contributed by atoms with Gasteiger partial charge in [-0.25, -0.2) is 0 Å². The number of aliphatic carboxylic acids is 4. The first-order valence-corrected chi connectivity index (χ1v) is 7.02. The van der Waals surface area contributed by atoms with Gasteiger partial charge in [-0.05, 0) is 19.4 Å². The Morgan fingerprint density at radius 1 is 0.565 bits per heavy atom. The normalized spacial score (nSPS) is 10.9. The van der Waals surface area contributed by atoms with Gasteiger partial charge in [0.15, 0.2) is 0 Å². The Morgan fingerprint density at radius 3 is 1.43 bits per heavy atom. The summed E-state index contributed by atoms with van der Waals surface area (Å²) < 4.78 is 0. The molecule has 0 amide bonds. The minimum absolute atomic E-state index is 0.00886. The monoisotopic (exact) mass is 334 g/mol. The zero-order valence-corrected chi connectivity index (χ0v) is 12.7. The number of rotatable bonds is 14. The molecular weight excluding hydrogens is 312 g/mol. The Balaban J connectivity index is 4.41. The second-order valence-electron chi connectivity index (χ2n) is 5.02. The SMILES string of the molecule is O=C(O)CCCCN(CCN(CC(=O)O)CC(=O)O)CC(=O)O. The molecule has 4 N–H and O–H groups in total. The van der Waals surface area contributed by atoms with Gasteiger partial charge in [0.2, 0.25) is 0 Å². The van der Waals surface area contributed by atoms with Gasteiger partial charge in [-0.2, -0.15) is 0 Å². The van der Waals surface area contributed by atoms with Crippen molar-refractivity contribution in [1.82, 2.24) is 9.80 Å². The zero-order valence-electron chi connectivity index (χ0n) is 12.7. The Hall–Kier alpha value is -2.20. The largest absolute Gasteiger partial charge is 0.481 e. The average Bonchev–Trinajstić information content (AvgIpc) is 2.38. The highest BCUT2D eigenvalue weighted by molar-refractivity contribution is 5.72. The van der Waals surface area contributed by atoms with E-state index in [0.29, 0.717) is 19.4 Å². The molecule has 132 valence electrons. The lowest BCUT2D eigenvalue weighted by Gasteiger charge is -2.24. The van der Waals surface area contributed by atoms with Crippen LogP contribution in [0.5, 0.6) is 0 Å². The molecule has 0 aliphatic carbocycles. The van der Waals surface area contributed by atoms with Crippen LogP contribution in [0.1, 0.15) is 19.3 Å². The van der Waals surface area contributed by atoms with Gasteiger partial charge in [0.25, 0.3) is 0 Å². The van der Waals surface area contributed by atoms with Crippen LogP contribution >= 0.6 is 0 Å². The number of carboxylic acids is 4. The van der Waals surface area contributed by atoms with Gasteiger partial charge >= 0.3 is 23.9 Å². The van der Waals surface area contributed by atoms with E-state index < -0.39 is 37.0 Å². The van der Waals surface area contributed by atoms with E-state index in [4.69, 9.17) is 20.4 Å². The topological polar surface area (TPSA) is 156 Å². The van der Waals surface area contributed by atoms with Crippen LogP contribution in [0.3, 0.4) is 0 Å². The fourth-order valence-electron chi connectivity index (χ4n) is 1.95. The molecule has 0 heterocycles. The number of nitrogens with zero attached hydrogens (tertiary/aromatic N) is 2. The zero-order chi connectivity index (χ0) is 17.8. The first-order chi connectivity index (χ1) is 10.7. The minimum atomic E-state index is -1.17.